The van der Waals surface area contributed by atoms with Crippen molar-refractivity contribution in [1.29, 1.82) is 0 Å². The summed E-state index contributed by atoms with van der Waals surface area (Å²) in [6.45, 7) is 6.79. The van der Waals surface area contributed by atoms with E-state index < -0.39 is 6.10 Å². The Morgan fingerprint density at radius 3 is 2.58 bits per heavy atom. The smallest absolute Gasteiger partial charge is 0.304 e. The molecular formula is C12H18N2O4S. The standard InChI is InChI=1S/C12H18N2O4S/c1-7-5-13(6-8(2)18-7)12-10(14(16)17)4-11(19-12)9(3)15/h4,7-9,15H,5-6H2,1-3H3/t7?,8?,9-/m0/s1. The minimum absolute atomic E-state index is 0.0421. The molecule has 0 spiro atoms. The molecule has 1 fully saturated rings. The van der Waals surface area contributed by atoms with E-state index in [1.807, 2.05) is 18.7 Å². The Kier molecular flexibility index (Phi) is 4.07. The van der Waals surface area contributed by atoms with Gasteiger partial charge in [-0.2, -0.15) is 0 Å². The molecule has 2 unspecified atom stereocenters. The number of hydrogen-bond donors (Lipinski definition) is 1. The third-order valence-electron chi connectivity index (χ3n) is 3.03. The molecule has 1 aromatic rings. The molecule has 1 aliphatic heterocycles. The number of nitrogens with zero attached hydrogens (tertiary/aromatic N) is 2. The molecule has 1 N–H and O–H groups in total. The van der Waals surface area contributed by atoms with Crippen LogP contribution in [0.2, 0.25) is 0 Å². The molecular weight excluding hydrogens is 268 g/mol. The van der Waals surface area contributed by atoms with E-state index in [4.69, 9.17) is 4.74 Å². The normalized spacial score (nSPS) is 25.4. The van der Waals surface area contributed by atoms with Crippen LogP contribution < -0.4 is 4.90 Å². The predicted molar refractivity (Wildman–Crippen MR) is 73.8 cm³/mol. The summed E-state index contributed by atoms with van der Waals surface area (Å²) in [5.41, 5.74) is 0.0715. The van der Waals surface area contributed by atoms with Gasteiger partial charge in [0.25, 0.3) is 0 Å². The molecule has 1 aliphatic rings. The molecule has 7 heteroatoms. The van der Waals surface area contributed by atoms with Gasteiger partial charge >= 0.3 is 5.69 Å². The number of anilines is 1. The summed E-state index contributed by atoms with van der Waals surface area (Å²) in [5, 5.41) is 21.3. The summed E-state index contributed by atoms with van der Waals surface area (Å²) in [6, 6.07) is 1.47. The second kappa shape index (κ2) is 5.44. The van der Waals surface area contributed by atoms with Gasteiger partial charge in [-0.3, -0.25) is 10.1 Å². The highest BCUT2D eigenvalue weighted by molar-refractivity contribution is 7.16. The zero-order chi connectivity index (χ0) is 14.2. The van der Waals surface area contributed by atoms with Crippen molar-refractivity contribution < 1.29 is 14.8 Å². The fourth-order valence-corrected chi connectivity index (χ4v) is 3.38. The fraction of sp³-hybridized carbons (Fsp3) is 0.667. The Hall–Kier alpha value is -1.18. The summed E-state index contributed by atoms with van der Waals surface area (Å²) in [7, 11) is 0. The highest BCUT2D eigenvalue weighted by Crippen LogP contribution is 2.41. The summed E-state index contributed by atoms with van der Waals surface area (Å²) in [4.78, 5) is 13.3. The predicted octanol–water partition coefficient (Wildman–Crippen LogP) is 2.32. The van der Waals surface area contributed by atoms with Gasteiger partial charge in [-0.1, -0.05) is 0 Å². The van der Waals surface area contributed by atoms with Crippen LogP contribution in [-0.4, -0.2) is 35.3 Å². The monoisotopic (exact) mass is 286 g/mol. The van der Waals surface area contributed by atoms with Crippen LogP contribution in [0.25, 0.3) is 0 Å². The van der Waals surface area contributed by atoms with Gasteiger partial charge in [0.15, 0.2) is 5.00 Å². The first-order valence-corrected chi connectivity index (χ1v) is 7.06. The van der Waals surface area contributed by atoms with Gasteiger partial charge in [0.1, 0.15) is 0 Å². The van der Waals surface area contributed by atoms with E-state index in [9.17, 15) is 15.2 Å². The van der Waals surface area contributed by atoms with Crippen LogP contribution in [0.3, 0.4) is 0 Å². The molecule has 106 valence electrons. The summed E-state index contributed by atoms with van der Waals surface area (Å²) < 4.78 is 5.64. The second-order valence-electron chi connectivity index (χ2n) is 4.93. The van der Waals surface area contributed by atoms with Crippen molar-refractivity contribution in [3.05, 3.63) is 21.1 Å². The first-order chi connectivity index (χ1) is 8.88. The lowest BCUT2D eigenvalue weighted by Gasteiger charge is -2.35. The first kappa shape index (κ1) is 14.2. The third kappa shape index (κ3) is 3.05. The Labute approximate surface area is 115 Å². The lowest BCUT2D eigenvalue weighted by molar-refractivity contribution is -0.383. The maximum Gasteiger partial charge on any atom is 0.304 e. The maximum absolute atomic E-state index is 11.1. The highest BCUT2D eigenvalue weighted by Gasteiger charge is 2.30. The van der Waals surface area contributed by atoms with Crippen LogP contribution in [0.15, 0.2) is 6.07 Å². The zero-order valence-corrected chi connectivity index (χ0v) is 12.0. The van der Waals surface area contributed by atoms with Crippen molar-refractivity contribution in [2.24, 2.45) is 0 Å². The molecule has 0 aliphatic carbocycles. The Balaban J connectivity index is 2.34. The second-order valence-corrected chi connectivity index (χ2v) is 6.00. The van der Waals surface area contributed by atoms with E-state index in [0.29, 0.717) is 23.0 Å². The minimum Gasteiger partial charge on any atom is -0.388 e. The number of aliphatic hydroxyl groups excluding tert-OH is 1. The molecule has 2 rings (SSSR count). The van der Waals surface area contributed by atoms with Gasteiger partial charge in [-0.25, -0.2) is 0 Å². The van der Waals surface area contributed by atoms with Crippen molar-refractivity contribution in [2.75, 3.05) is 18.0 Å². The lowest BCUT2D eigenvalue weighted by Crippen LogP contribution is -2.45. The van der Waals surface area contributed by atoms with Crippen LogP contribution in [0, 0.1) is 10.1 Å². The summed E-state index contributed by atoms with van der Waals surface area (Å²) >= 11 is 1.29. The van der Waals surface area contributed by atoms with Gasteiger partial charge in [0, 0.05) is 24.0 Å². The number of rotatable bonds is 3. The van der Waals surface area contributed by atoms with Gasteiger partial charge in [-0.15, -0.1) is 11.3 Å². The zero-order valence-electron chi connectivity index (χ0n) is 11.2. The molecule has 0 radical (unpaired) electrons. The van der Waals surface area contributed by atoms with Crippen LogP contribution in [0.5, 0.6) is 0 Å². The molecule has 0 aromatic carbocycles. The average Bonchev–Trinajstić information content (AvgIpc) is 2.72. The van der Waals surface area contributed by atoms with E-state index in [-0.39, 0.29) is 22.8 Å². The van der Waals surface area contributed by atoms with E-state index in [0.717, 1.165) is 0 Å². The van der Waals surface area contributed by atoms with E-state index >= 15 is 0 Å². The molecule has 3 atom stereocenters. The van der Waals surface area contributed by atoms with Crippen LogP contribution in [-0.2, 0) is 4.74 Å². The number of ether oxygens (including phenoxy) is 1. The SMILES string of the molecule is CC1CN(c2sc([C@H](C)O)cc2[N+](=O)[O-])CC(C)O1. The van der Waals surface area contributed by atoms with Crippen molar-refractivity contribution in [2.45, 2.75) is 39.1 Å². The van der Waals surface area contributed by atoms with Crippen LogP contribution in [0.4, 0.5) is 10.7 Å². The van der Waals surface area contributed by atoms with Gasteiger partial charge in [-0.05, 0) is 20.8 Å². The van der Waals surface area contributed by atoms with Crippen molar-refractivity contribution in [3.8, 4) is 0 Å². The average molecular weight is 286 g/mol. The van der Waals surface area contributed by atoms with Crippen LogP contribution in [0.1, 0.15) is 31.8 Å². The van der Waals surface area contributed by atoms with Crippen molar-refractivity contribution in [3.63, 3.8) is 0 Å². The summed E-state index contributed by atoms with van der Waals surface area (Å²) in [6.07, 6.45) is -0.603. The number of nitro groups is 1. The summed E-state index contributed by atoms with van der Waals surface area (Å²) in [5.74, 6) is 0. The van der Waals surface area contributed by atoms with Gasteiger partial charge < -0.3 is 14.7 Å². The molecule has 0 bridgehead atoms. The Morgan fingerprint density at radius 1 is 1.53 bits per heavy atom. The van der Waals surface area contributed by atoms with E-state index in [1.54, 1.807) is 6.92 Å². The largest absolute Gasteiger partial charge is 0.388 e. The molecule has 1 aromatic heterocycles. The Morgan fingerprint density at radius 2 is 2.11 bits per heavy atom. The molecule has 6 nitrogen and oxygen atoms in total. The molecule has 2 heterocycles. The van der Waals surface area contributed by atoms with Crippen LogP contribution >= 0.6 is 11.3 Å². The lowest BCUT2D eigenvalue weighted by atomic mass is 10.2. The van der Waals surface area contributed by atoms with Gasteiger partial charge in [0.05, 0.1) is 23.2 Å². The topological polar surface area (TPSA) is 75.8 Å². The first-order valence-electron chi connectivity index (χ1n) is 6.25. The number of morpholine rings is 1. The Bertz CT molecular complexity index is 464. The fourth-order valence-electron chi connectivity index (χ4n) is 2.30. The molecule has 1 saturated heterocycles. The minimum atomic E-state index is -0.687. The molecule has 0 saturated carbocycles. The van der Waals surface area contributed by atoms with Crippen molar-refractivity contribution >= 4 is 22.0 Å². The third-order valence-corrected chi connectivity index (χ3v) is 4.38. The molecule has 19 heavy (non-hydrogen) atoms. The maximum atomic E-state index is 11.1. The quantitative estimate of drug-likeness (QED) is 0.681. The number of thiophene rings is 1. The van der Waals surface area contributed by atoms with E-state index in [1.165, 1.54) is 17.4 Å². The van der Waals surface area contributed by atoms with Crippen molar-refractivity contribution in [1.82, 2.24) is 0 Å². The van der Waals surface area contributed by atoms with E-state index in [2.05, 4.69) is 0 Å². The number of hydrogen-bond acceptors (Lipinski definition) is 6. The highest BCUT2D eigenvalue weighted by atomic mass is 32.1. The number of aliphatic hydroxyl groups is 1. The van der Waals surface area contributed by atoms with Gasteiger partial charge in [0.2, 0.25) is 0 Å². The molecule has 0 amide bonds.